The topological polar surface area (TPSA) is 0 Å². The fraction of sp³-hybridized carbons (Fsp3) is 0.333. The van der Waals surface area contributed by atoms with Gasteiger partial charge in [-0.05, 0) is 6.66 Å². The predicted molar refractivity (Wildman–Crippen MR) is 36.8 cm³/mol. The molecule has 0 aromatic heterocycles. The Balaban J connectivity index is 2.97. The van der Waals surface area contributed by atoms with E-state index in [2.05, 4.69) is 18.4 Å². The zero-order valence-corrected chi connectivity index (χ0v) is 5.44. The highest BCUT2D eigenvalue weighted by Gasteiger charge is 1.62. The molecule has 0 aliphatic heterocycles. The molecule has 0 radical (unpaired) electrons. The average Bonchev–Trinajstić information content (AvgIpc) is 1.69. The van der Waals surface area contributed by atoms with Gasteiger partial charge >= 0.3 is 0 Å². The summed E-state index contributed by atoms with van der Waals surface area (Å²) in [6.07, 6.45) is 7.76. The fourth-order valence-electron chi connectivity index (χ4n) is 0.245. The summed E-state index contributed by atoms with van der Waals surface area (Å²) in [5, 5.41) is 0. The van der Waals surface area contributed by atoms with Crippen LogP contribution in [0.4, 0.5) is 0 Å². The molecule has 7 heavy (non-hydrogen) atoms. The van der Waals surface area contributed by atoms with Crippen molar-refractivity contribution in [2.24, 2.45) is 0 Å². The van der Waals surface area contributed by atoms with Crippen LogP contribution >= 0.6 is 8.58 Å². The molecule has 1 atom stereocenters. The largest absolute Gasteiger partial charge is 0.120 e. The minimum Gasteiger partial charge on any atom is -0.120 e. The normalized spacial score (nSPS) is 10.9. The Hall–Kier alpha value is -0.270. The van der Waals surface area contributed by atoms with Crippen LogP contribution in [0.2, 0.25) is 0 Å². The lowest BCUT2D eigenvalue weighted by atomic mass is 10.5. The minimum absolute atomic E-state index is 0.779. The molecule has 0 saturated heterocycles. The van der Waals surface area contributed by atoms with Crippen LogP contribution in [-0.4, -0.2) is 6.66 Å². The zero-order valence-electron chi connectivity index (χ0n) is 4.44. The van der Waals surface area contributed by atoms with Crippen molar-refractivity contribution in [2.45, 2.75) is 6.42 Å². The highest BCUT2D eigenvalue weighted by molar-refractivity contribution is 7.40. The van der Waals surface area contributed by atoms with Crippen LogP contribution in [-0.2, 0) is 0 Å². The molecule has 0 amide bonds. The monoisotopic (exact) mass is 112 g/mol. The third-order valence-corrected chi connectivity index (χ3v) is 1.09. The van der Waals surface area contributed by atoms with Gasteiger partial charge < -0.3 is 0 Å². The molecule has 0 aromatic rings. The Morgan fingerprint density at radius 3 is 3.00 bits per heavy atom. The van der Waals surface area contributed by atoms with Gasteiger partial charge in [0.25, 0.3) is 0 Å². The van der Waals surface area contributed by atoms with Gasteiger partial charge in [-0.15, -0.1) is 20.9 Å². The molecule has 0 N–H and O–H groups in total. The summed E-state index contributed by atoms with van der Waals surface area (Å²) in [5.41, 5.74) is 0. The average molecular weight is 112 g/mol. The first-order chi connectivity index (χ1) is 3.41. The lowest BCUT2D eigenvalue weighted by molar-refractivity contribution is 1.49. The van der Waals surface area contributed by atoms with Crippen molar-refractivity contribution in [3.05, 3.63) is 11.9 Å². The third-order valence-electron chi connectivity index (χ3n) is 0.520. The second-order valence-electron chi connectivity index (χ2n) is 1.10. The van der Waals surface area contributed by atoms with Gasteiger partial charge in [-0.2, -0.15) is 0 Å². The second kappa shape index (κ2) is 5.73. The molecule has 0 rings (SSSR count). The number of terminal acetylenes is 1. The molecule has 0 nitrogen and oxygen atoms in total. The smallest absolute Gasteiger partial charge is 0.0270 e. The van der Waals surface area contributed by atoms with E-state index in [4.69, 9.17) is 6.42 Å². The van der Waals surface area contributed by atoms with E-state index in [-0.39, 0.29) is 0 Å². The van der Waals surface area contributed by atoms with Crippen LogP contribution in [0.3, 0.4) is 0 Å². The van der Waals surface area contributed by atoms with Crippen molar-refractivity contribution in [3.63, 3.8) is 0 Å². The van der Waals surface area contributed by atoms with E-state index >= 15 is 0 Å². The number of allylic oxidation sites excluding steroid dienone is 1. The van der Waals surface area contributed by atoms with Gasteiger partial charge in [0, 0.05) is 6.42 Å². The van der Waals surface area contributed by atoms with E-state index in [1.807, 2.05) is 6.08 Å². The SMILES string of the molecule is C#CC/C=C\PC. The summed E-state index contributed by atoms with van der Waals surface area (Å²) in [6.45, 7) is 2.12. The van der Waals surface area contributed by atoms with Gasteiger partial charge in [-0.25, -0.2) is 0 Å². The Morgan fingerprint density at radius 2 is 2.57 bits per heavy atom. The van der Waals surface area contributed by atoms with Crippen LogP contribution in [0.5, 0.6) is 0 Å². The highest BCUT2D eigenvalue weighted by atomic mass is 31.1. The molecule has 0 bridgehead atoms. The predicted octanol–water partition coefficient (Wildman–Crippen LogP) is 1.83. The molecular formula is C6H9P. The summed E-state index contributed by atoms with van der Waals surface area (Å²) in [6, 6.07) is 0. The summed E-state index contributed by atoms with van der Waals surface area (Å²) >= 11 is 0. The van der Waals surface area contributed by atoms with Crippen molar-refractivity contribution in [2.75, 3.05) is 6.66 Å². The van der Waals surface area contributed by atoms with Gasteiger partial charge in [-0.1, -0.05) is 11.9 Å². The maximum Gasteiger partial charge on any atom is 0.0270 e. The number of hydrogen-bond acceptors (Lipinski definition) is 0. The lowest BCUT2D eigenvalue weighted by Gasteiger charge is -1.73. The maximum absolute atomic E-state index is 4.97. The van der Waals surface area contributed by atoms with Crippen LogP contribution in [0.1, 0.15) is 6.42 Å². The highest BCUT2D eigenvalue weighted by Crippen LogP contribution is 2.02. The molecular weight excluding hydrogens is 103 g/mol. The quantitative estimate of drug-likeness (QED) is 0.377. The Bertz CT molecular complexity index is 86.8. The summed E-state index contributed by atoms with van der Waals surface area (Å²) in [7, 11) is 0.892. The van der Waals surface area contributed by atoms with E-state index < -0.39 is 0 Å². The van der Waals surface area contributed by atoms with Crippen molar-refractivity contribution >= 4 is 8.58 Å². The van der Waals surface area contributed by atoms with Gasteiger partial charge in [0.15, 0.2) is 0 Å². The van der Waals surface area contributed by atoms with Crippen molar-refractivity contribution in [3.8, 4) is 12.3 Å². The first-order valence-corrected chi connectivity index (χ1v) is 3.75. The van der Waals surface area contributed by atoms with Crippen LogP contribution in [0.25, 0.3) is 0 Å². The molecule has 38 valence electrons. The van der Waals surface area contributed by atoms with Gasteiger partial charge in [0.05, 0.1) is 0 Å². The molecule has 0 spiro atoms. The molecule has 0 heterocycles. The fourth-order valence-corrected chi connectivity index (χ4v) is 0.598. The molecule has 0 aromatic carbocycles. The van der Waals surface area contributed by atoms with Gasteiger partial charge in [0.1, 0.15) is 0 Å². The Kier molecular flexibility index (Phi) is 5.51. The lowest BCUT2D eigenvalue weighted by Crippen LogP contribution is -1.50. The zero-order chi connectivity index (χ0) is 5.54. The Labute approximate surface area is 46.8 Å². The van der Waals surface area contributed by atoms with E-state index in [0.29, 0.717) is 0 Å². The molecule has 0 saturated carbocycles. The molecule has 0 fully saturated rings. The first kappa shape index (κ1) is 6.73. The standard InChI is InChI=1S/C6H9P/c1-3-4-5-6-7-2/h1,5-7H,4H2,2H3/b6-5-. The maximum atomic E-state index is 4.97. The second-order valence-corrected chi connectivity index (χ2v) is 2.01. The number of hydrogen-bond donors (Lipinski definition) is 0. The minimum atomic E-state index is 0.779. The van der Waals surface area contributed by atoms with E-state index in [9.17, 15) is 0 Å². The van der Waals surface area contributed by atoms with E-state index in [1.165, 1.54) is 0 Å². The van der Waals surface area contributed by atoms with Gasteiger partial charge in [-0.3, -0.25) is 0 Å². The molecule has 0 aliphatic carbocycles. The van der Waals surface area contributed by atoms with Crippen LogP contribution in [0, 0.1) is 12.3 Å². The molecule has 1 heteroatoms. The number of rotatable bonds is 2. The van der Waals surface area contributed by atoms with Crippen molar-refractivity contribution in [1.82, 2.24) is 0 Å². The van der Waals surface area contributed by atoms with Crippen molar-refractivity contribution in [1.29, 1.82) is 0 Å². The van der Waals surface area contributed by atoms with Crippen LogP contribution < -0.4 is 0 Å². The summed E-state index contributed by atoms with van der Waals surface area (Å²) in [5.74, 6) is 4.62. The van der Waals surface area contributed by atoms with Gasteiger partial charge in [0.2, 0.25) is 0 Å². The summed E-state index contributed by atoms with van der Waals surface area (Å²) < 4.78 is 0. The van der Waals surface area contributed by atoms with E-state index in [0.717, 1.165) is 15.0 Å². The van der Waals surface area contributed by atoms with Crippen molar-refractivity contribution < 1.29 is 0 Å². The molecule has 1 unspecified atom stereocenters. The molecule has 0 aliphatic rings. The third kappa shape index (κ3) is 5.73. The van der Waals surface area contributed by atoms with E-state index in [1.54, 1.807) is 0 Å². The first-order valence-electron chi connectivity index (χ1n) is 2.17. The Morgan fingerprint density at radius 1 is 1.86 bits per heavy atom. The van der Waals surface area contributed by atoms with Crippen LogP contribution in [0.15, 0.2) is 11.9 Å². The summed E-state index contributed by atoms with van der Waals surface area (Å²) in [4.78, 5) is 0.